The van der Waals surface area contributed by atoms with Crippen molar-refractivity contribution < 1.29 is 19.0 Å². The predicted octanol–water partition coefficient (Wildman–Crippen LogP) is 1.19. The van der Waals surface area contributed by atoms with E-state index >= 15 is 0 Å². The van der Waals surface area contributed by atoms with E-state index in [2.05, 4.69) is 20.7 Å². The minimum Gasteiger partial charge on any atom is -0.494 e. The molecule has 1 saturated carbocycles. The van der Waals surface area contributed by atoms with E-state index in [9.17, 15) is 14.3 Å². The number of hydrogen-bond acceptors (Lipinski definition) is 5. The summed E-state index contributed by atoms with van der Waals surface area (Å²) >= 11 is 0. The molecular weight excluding hydrogens is 303 g/mol. The molecule has 0 radical (unpaired) electrons. The van der Waals surface area contributed by atoms with Crippen molar-refractivity contribution in [3.8, 4) is 5.75 Å². The monoisotopic (exact) mass is 320 g/mol. The van der Waals surface area contributed by atoms with Gasteiger partial charge in [-0.15, -0.1) is 0 Å². The molecule has 1 heterocycles. The summed E-state index contributed by atoms with van der Waals surface area (Å²) in [6.07, 6.45) is 2.04. The first-order valence-electron chi connectivity index (χ1n) is 7.26. The van der Waals surface area contributed by atoms with E-state index in [4.69, 9.17) is 4.74 Å². The van der Waals surface area contributed by atoms with E-state index in [1.807, 2.05) is 0 Å². The average Bonchev–Trinajstić information content (AvgIpc) is 3.04. The molecule has 0 spiro atoms. The summed E-state index contributed by atoms with van der Waals surface area (Å²) in [5.41, 5.74) is 0.779. The summed E-state index contributed by atoms with van der Waals surface area (Å²) in [4.78, 5) is 12.2. The number of hydrogen-bond donors (Lipinski definition) is 3. The molecule has 1 atom stereocenters. The van der Waals surface area contributed by atoms with E-state index in [-0.39, 0.29) is 23.5 Å². The smallest absolute Gasteiger partial charge is 0.273 e. The fourth-order valence-corrected chi connectivity index (χ4v) is 2.78. The van der Waals surface area contributed by atoms with Gasteiger partial charge >= 0.3 is 0 Å². The Labute approximate surface area is 131 Å². The standard InChI is InChI=1S/C15H17FN4O3/c1-23-13-3-2-8(6-11(13)16)14(9-4-10(21)5-9)18-15(22)12-7-17-20-19-12/h2-3,6-7,9-10,14,21H,4-5H2,1H3,(H,18,22)(H,17,19,20)/t9?,10?,14-/m0/s1. The maximum Gasteiger partial charge on any atom is 0.273 e. The van der Waals surface area contributed by atoms with Crippen LogP contribution in [-0.4, -0.2) is 39.6 Å². The molecule has 1 amide bonds. The SMILES string of the molecule is COc1ccc([C@H](NC(=O)c2cn[nH]n2)C2CC(O)C2)cc1F. The average molecular weight is 320 g/mol. The molecule has 1 aromatic heterocycles. The number of halogens is 1. The van der Waals surface area contributed by atoms with Crippen molar-refractivity contribution in [1.82, 2.24) is 20.7 Å². The van der Waals surface area contributed by atoms with Gasteiger partial charge in [0.05, 0.1) is 25.5 Å². The molecule has 7 nitrogen and oxygen atoms in total. The van der Waals surface area contributed by atoms with Crippen LogP contribution in [-0.2, 0) is 0 Å². The molecule has 23 heavy (non-hydrogen) atoms. The lowest BCUT2D eigenvalue weighted by Gasteiger charge is -2.38. The van der Waals surface area contributed by atoms with Crippen LogP contribution in [0.2, 0.25) is 0 Å². The van der Waals surface area contributed by atoms with Gasteiger partial charge in [-0.3, -0.25) is 4.79 Å². The van der Waals surface area contributed by atoms with Crippen LogP contribution >= 0.6 is 0 Å². The maximum absolute atomic E-state index is 14.0. The molecule has 0 aliphatic heterocycles. The van der Waals surface area contributed by atoms with Gasteiger partial charge in [0.1, 0.15) is 0 Å². The fraction of sp³-hybridized carbons (Fsp3) is 0.400. The van der Waals surface area contributed by atoms with E-state index in [1.54, 1.807) is 6.07 Å². The second-order valence-electron chi connectivity index (χ2n) is 5.59. The second kappa shape index (κ2) is 6.33. The largest absolute Gasteiger partial charge is 0.494 e. The van der Waals surface area contributed by atoms with Crippen LogP contribution in [0.5, 0.6) is 5.75 Å². The summed E-state index contributed by atoms with van der Waals surface area (Å²) < 4.78 is 18.9. The van der Waals surface area contributed by atoms with Crippen molar-refractivity contribution in [2.45, 2.75) is 25.0 Å². The highest BCUT2D eigenvalue weighted by atomic mass is 19.1. The molecule has 0 bridgehead atoms. The fourth-order valence-electron chi connectivity index (χ4n) is 2.78. The van der Waals surface area contributed by atoms with Crippen LogP contribution in [0, 0.1) is 11.7 Å². The summed E-state index contributed by atoms with van der Waals surface area (Å²) in [5.74, 6) is -0.718. The molecule has 3 rings (SSSR count). The van der Waals surface area contributed by atoms with Gasteiger partial charge in [0.2, 0.25) is 0 Å². The van der Waals surface area contributed by atoms with Gasteiger partial charge in [-0.1, -0.05) is 6.07 Å². The van der Waals surface area contributed by atoms with Gasteiger partial charge < -0.3 is 15.2 Å². The van der Waals surface area contributed by atoms with E-state index < -0.39 is 17.8 Å². The zero-order valence-electron chi connectivity index (χ0n) is 12.5. The second-order valence-corrected chi connectivity index (χ2v) is 5.59. The van der Waals surface area contributed by atoms with Crippen LogP contribution in [0.3, 0.4) is 0 Å². The molecule has 8 heteroatoms. The molecule has 122 valence electrons. The van der Waals surface area contributed by atoms with Gasteiger partial charge in [-0.05, 0) is 36.5 Å². The maximum atomic E-state index is 14.0. The number of ether oxygens (including phenoxy) is 1. The third-order valence-corrected chi connectivity index (χ3v) is 4.09. The Hall–Kier alpha value is -2.48. The number of methoxy groups -OCH3 is 1. The molecule has 0 saturated heterocycles. The van der Waals surface area contributed by atoms with Crippen LogP contribution in [0.1, 0.15) is 34.9 Å². The number of rotatable bonds is 5. The Morgan fingerprint density at radius 1 is 1.52 bits per heavy atom. The third kappa shape index (κ3) is 3.16. The first-order valence-corrected chi connectivity index (χ1v) is 7.26. The van der Waals surface area contributed by atoms with Crippen molar-refractivity contribution in [3.05, 3.63) is 41.5 Å². The lowest BCUT2D eigenvalue weighted by atomic mass is 9.75. The number of aliphatic hydroxyl groups is 1. The van der Waals surface area contributed by atoms with Gasteiger partial charge in [0, 0.05) is 0 Å². The number of aromatic nitrogens is 3. The Bertz CT molecular complexity index is 686. The highest BCUT2D eigenvalue weighted by Crippen LogP contribution is 2.39. The predicted molar refractivity (Wildman–Crippen MR) is 78.3 cm³/mol. The Morgan fingerprint density at radius 2 is 2.30 bits per heavy atom. The number of nitrogens with zero attached hydrogens (tertiary/aromatic N) is 2. The zero-order chi connectivity index (χ0) is 16.4. The Balaban J connectivity index is 1.83. The summed E-state index contributed by atoms with van der Waals surface area (Å²) in [5, 5.41) is 22.1. The van der Waals surface area contributed by atoms with E-state index in [1.165, 1.54) is 25.4 Å². The van der Waals surface area contributed by atoms with E-state index in [0.717, 1.165) is 0 Å². The lowest BCUT2D eigenvalue weighted by Crippen LogP contribution is -2.41. The summed E-state index contributed by atoms with van der Waals surface area (Å²) in [6.45, 7) is 0. The van der Waals surface area contributed by atoms with Crippen molar-refractivity contribution >= 4 is 5.91 Å². The van der Waals surface area contributed by atoms with Crippen LogP contribution in [0.4, 0.5) is 4.39 Å². The van der Waals surface area contributed by atoms with Gasteiger partial charge in [0.25, 0.3) is 5.91 Å². The molecule has 1 fully saturated rings. The molecule has 1 aromatic carbocycles. The number of nitrogens with one attached hydrogen (secondary N) is 2. The van der Waals surface area contributed by atoms with Crippen LogP contribution in [0.15, 0.2) is 24.4 Å². The minimum atomic E-state index is -0.495. The molecule has 0 unspecified atom stereocenters. The number of carbonyl (C=O) groups is 1. The molecule has 1 aliphatic carbocycles. The molecule has 3 N–H and O–H groups in total. The minimum absolute atomic E-state index is 0.0358. The molecule has 1 aliphatic rings. The van der Waals surface area contributed by atoms with Crippen molar-refractivity contribution in [2.24, 2.45) is 5.92 Å². The molecular formula is C15H17FN4O3. The highest BCUT2D eigenvalue weighted by molar-refractivity contribution is 5.92. The topological polar surface area (TPSA) is 100 Å². The number of aliphatic hydroxyl groups excluding tert-OH is 1. The zero-order valence-corrected chi connectivity index (χ0v) is 12.5. The quantitative estimate of drug-likeness (QED) is 0.768. The number of aromatic amines is 1. The lowest BCUT2D eigenvalue weighted by molar-refractivity contribution is 0.0234. The van der Waals surface area contributed by atoms with E-state index in [0.29, 0.717) is 18.4 Å². The Kier molecular flexibility index (Phi) is 4.24. The van der Waals surface area contributed by atoms with Crippen molar-refractivity contribution in [2.75, 3.05) is 7.11 Å². The number of H-pyrrole nitrogens is 1. The van der Waals surface area contributed by atoms with Gasteiger partial charge in [0.15, 0.2) is 17.3 Å². The first-order chi connectivity index (χ1) is 11.1. The molecule has 2 aromatic rings. The van der Waals surface area contributed by atoms with Gasteiger partial charge in [-0.2, -0.15) is 15.4 Å². The van der Waals surface area contributed by atoms with Crippen molar-refractivity contribution in [1.29, 1.82) is 0 Å². The third-order valence-electron chi connectivity index (χ3n) is 4.09. The number of amides is 1. The summed E-state index contributed by atoms with van der Waals surface area (Å²) in [7, 11) is 1.39. The number of benzene rings is 1. The summed E-state index contributed by atoms with van der Waals surface area (Å²) in [6, 6.07) is 4.16. The van der Waals surface area contributed by atoms with Crippen LogP contribution < -0.4 is 10.1 Å². The highest BCUT2D eigenvalue weighted by Gasteiger charge is 2.36. The number of carbonyl (C=O) groups excluding carboxylic acids is 1. The van der Waals surface area contributed by atoms with Crippen LogP contribution in [0.25, 0.3) is 0 Å². The normalized spacial score (nSPS) is 21.3. The Morgan fingerprint density at radius 3 is 2.87 bits per heavy atom. The first kappa shape index (κ1) is 15.4. The van der Waals surface area contributed by atoms with Gasteiger partial charge in [-0.25, -0.2) is 4.39 Å². The van der Waals surface area contributed by atoms with Crippen molar-refractivity contribution in [3.63, 3.8) is 0 Å².